The van der Waals surface area contributed by atoms with Gasteiger partial charge in [0.1, 0.15) is 5.76 Å². The third-order valence-corrected chi connectivity index (χ3v) is 3.27. The van der Waals surface area contributed by atoms with Crippen molar-refractivity contribution in [1.29, 1.82) is 0 Å². The Labute approximate surface area is 111 Å². The number of aryl methyl sites for hydroxylation is 1. The first-order valence-electron chi connectivity index (χ1n) is 7.38. The molecule has 1 heterocycles. The largest absolute Gasteiger partial charge is 0.381 e. The van der Waals surface area contributed by atoms with Gasteiger partial charge >= 0.3 is 0 Å². The second-order valence-electron chi connectivity index (χ2n) is 5.59. The van der Waals surface area contributed by atoms with Crippen LogP contribution in [0, 0.1) is 5.92 Å². The number of nitrogen functional groups attached to an aromatic ring is 1. The lowest BCUT2D eigenvalue weighted by Crippen LogP contribution is -2.00. The Morgan fingerprint density at radius 2 is 1.78 bits per heavy atom. The lowest BCUT2D eigenvalue weighted by molar-refractivity contribution is 0.378. The highest BCUT2D eigenvalue weighted by Gasteiger charge is 2.14. The van der Waals surface area contributed by atoms with Crippen LogP contribution in [0.5, 0.6) is 0 Å². The Morgan fingerprint density at radius 3 is 2.44 bits per heavy atom. The van der Waals surface area contributed by atoms with Gasteiger partial charge in [-0.2, -0.15) is 0 Å². The molecule has 0 saturated carbocycles. The molecule has 18 heavy (non-hydrogen) atoms. The highest BCUT2D eigenvalue weighted by molar-refractivity contribution is 5.40. The lowest BCUT2D eigenvalue weighted by Gasteiger charge is -2.05. The molecule has 0 unspecified atom stereocenters. The predicted molar refractivity (Wildman–Crippen MR) is 76.5 cm³/mol. The Bertz CT molecular complexity index is 331. The van der Waals surface area contributed by atoms with E-state index in [0.29, 0.717) is 11.7 Å². The summed E-state index contributed by atoms with van der Waals surface area (Å²) >= 11 is 0. The number of unbranched alkanes of at least 4 members (excludes halogenated alkanes) is 5. The minimum atomic E-state index is 0.588. The zero-order chi connectivity index (χ0) is 13.4. The molecule has 0 aliphatic heterocycles. The van der Waals surface area contributed by atoms with Gasteiger partial charge in [-0.1, -0.05) is 58.0 Å². The van der Waals surface area contributed by atoms with Gasteiger partial charge in [0.05, 0.1) is 0 Å². The van der Waals surface area contributed by atoms with Gasteiger partial charge < -0.3 is 10.3 Å². The molecule has 1 aromatic rings. The molecular weight excluding hydrogens is 224 g/mol. The van der Waals surface area contributed by atoms with Crippen LogP contribution in [0.3, 0.4) is 0 Å². The van der Waals surface area contributed by atoms with Crippen LogP contribution in [0.25, 0.3) is 0 Å². The van der Waals surface area contributed by atoms with Crippen LogP contribution in [0.4, 0.5) is 5.82 Å². The topological polar surface area (TPSA) is 52.0 Å². The number of nitrogens with two attached hydrogens (primary N) is 1. The molecule has 0 aliphatic carbocycles. The van der Waals surface area contributed by atoms with Crippen molar-refractivity contribution in [2.45, 2.75) is 72.1 Å². The van der Waals surface area contributed by atoms with Crippen LogP contribution in [-0.4, -0.2) is 5.16 Å². The lowest BCUT2D eigenvalue weighted by atomic mass is 10.00. The summed E-state index contributed by atoms with van der Waals surface area (Å²) in [5.74, 6) is 2.19. The number of nitrogens with zero attached hydrogens (tertiary/aromatic N) is 1. The number of anilines is 1. The smallest absolute Gasteiger partial charge is 0.170 e. The van der Waals surface area contributed by atoms with Crippen molar-refractivity contribution < 1.29 is 4.52 Å². The first kappa shape index (κ1) is 15.1. The van der Waals surface area contributed by atoms with E-state index in [9.17, 15) is 0 Å². The van der Waals surface area contributed by atoms with Gasteiger partial charge in [-0.25, -0.2) is 0 Å². The monoisotopic (exact) mass is 252 g/mol. The summed E-state index contributed by atoms with van der Waals surface area (Å²) < 4.78 is 5.35. The molecule has 0 spiro atoms. The fraction of sp³-hybridized carbons (Fsp3) is 0.800. The van der Waals surface area contributed by atoms with Crippen LogP contribution in [-0.2, 0) is 12.8 Å². The zero-order valence-corrected chi connectivity index (χ0v) is 12.2. The SMILES string of the molecule is CCCCCCCCc1onc(N)c1CC(C)C. The molecule has 0 radical (unpaired) electrons. The van der Waals surface area contributed by atoms with Gasteiger partial charge in [0.15, 0.2) is 5.82 Å². The Hall–Kier alpha value is -0.990. The van der Waals surface area contributed by atoms with Crippen molar-refractivity contribution in [1.82, 2.24) is 5.16 Å². The minimum absolute atomic E-state index is 0.588. The molecule has 0 aliphatic rings. The number of hydrogen-bond acceptors (Lipinski definition) is 3. The first-order chi connectivity index (χ1) is 8.65. The standard InChI is InChI=1S/C15H28N2O/c1-4-5-6-7-8-9-10-14-13(11-12(2)3)15(16)17-18-14/h12H,4-11H2,1-3H3,(H2,16,17). The van der Waals surface area contributed by atoms with Gasteiger partial charge in [-0.3, -0.25) is 0 Å². The summed E-state index contributed by atoms with van der Waals surface area (Å²) in [6.45, 7) is 6.64. The van der Waals surface area contributed by atoms with E-state index in [1.807, 2.05) is 0 Å². The number of rotatable bonds is 9. The Morgan fingerprint density at radius 1 is 1.11 bits per heavy atom. The van der Waals surface area contributed by atoms with Crippen LogP contribution in [0.1, 0.15) is 70.6 Å². The van der Waals surface area contributed by atoms with E-state index in [4.69, 9.17) is 10.3 Å². The van der Waals surface area contributed by atoms with E-state index in [1.54, 1.807) is 0 Å². The first-order valence-corrected chi connectivity index (χ1v) is 7.38. The Balaban J connectivity index is 2.33. The normalized spacial score (nSPS) is 11.3. The van der Waals surface area contributed by atoms with Crippen LogP contribution in [0.2, 0.25) is 0 Å². The van der Waals surface area contributed by atoms with Crippen LogP contribution < -0.4 is 5.73 Å². The van der Waals surface area contributed by atoms with Gasteiger partial charge in [-0.05, 0) is 18.8 Å². The maximum Gasteiger partial charge on any atom is 0.170 e. The average Bonchev–Trinajstić information content (AvgIpc) is 2.65. The van der Waals surface area contributed by atoms with Crippen LogP contribution in [0.15, 0.2) is 4.52 Å². The second-order valence-corrected chi connectivity index (χ2v) is 5.59. The molecule has 104 valence electrons. The van der Waals surface area contributed by atoms with Crippen molar-refractivity contribution in [2.75, 3.05) is 5.73 Å². The molecule has 2 N–H and O–H groups in total. The van der Waals surface area contributed by atoms with Gasteiger partial charge in [0.25, 0.3) is 0 Å². The van der Waals surface area contributed by atoms with Crippen molar-refractivity contribution in [3.8, 4) is 0 Å². The zero-order valence-electron chi connectivity index (χ0n) is 12.2. The van der Waals surface area contributed by atoms with E-state index in [0.717, 1.165) is 24.2 Å². The summed E-state index contributed by atoms with van der Waals surface area (Å²) in [5, 5.41) is 3.90. The van der Waals surface area contributed by atoms with Gasteiger partial charge in [0, 0.05) is 12.0 Å². The Kier molecular flexibility index (Phi) is 6.84. The molecule has 0 aromatic carbocycles. The fourth-order valence-corrected chi connectivity index (χ4v) is 2.25. The maximum absolute atomic E-state index is 5.85. The van der Waals surface area contributed by atoms with Crippen molar-refractivity contribution in [2.24, 2.45) is 5.92 Å². The summed E-state index contributed by atoms with van der Waals surface area (Å²) in [6.07, 6.45) is 9.76. The van der Waals surface area contributed by atoms with Crippen molar-refractivity contribution in [3.63, 3.8) is 0 Å². The fourth-order valence-electron chi connectivity index (χ4n) is 2.25. The highest BCUT2D eigenvalue weighted by atomic mass is 16.5. The van der Waals surface area contributed by atoms with E-state index in [-0.39, 0.29) is 0 Å². The van der Waals surface area contributed by atoms with Crippen LogP contribution >= 0.6 is 0 Å². The molecular formula is C15H28N2O. The third kappa shape index (κ3) is 5.11. The maximum atomic E-state index is 5.85. The molecule has 0 amide bonds. The second kappa shape index (κ2) is 8.17. The summed E-state index contributed by atoms with van der Waals surface area (Å²) in [7, 11) is 0. The van der Waals surface area contributed by atoms with E-state index in [2.05, 4.69) is 25.9 Å². The van der Waals surface area contributed by atoms with Crippen molar-refractivity contribution in [3.05, 3.63) is 11.3 Å². The van der Waals surface area contributed by atoms with E-state index >= 15 is 0 Å². The molecule has 0 fully saturated rings. The predicted octanol–water partition coefficient (Wildman–Crippen LogP) is 4.36. The summed E-state index contributed by atoms with van der Waals surface area (Å²) in [4.78, 5) is 0. The van der Waals surface area contributed by atoms with E-state index < -0.39 is 0 Å². The van der Waals surface area contributed by atoms with Crippen molar-refractivity contribution >= 4 is 5.82 Å². The third-order valence-electron chi connectivity index (χ3n) is 3.27. The molecule has 3 nitrogen and oxygen atoms in total. The molecule has 0 bridgehead atoms. The molecule has 3 heteroatoms. The molecule has 0 saturated heterocycles. The summed E-state index contributed by atoms with van der Waals surface area (Å²) in [6, 6.07) is 0. The number of aromatic nitrogens is 1. The van der Waals surface area contributed by atoms with Gasteiger partial charge in [-0.15, -0.1) is 0 Å². The summed E-state index contributed by atoms with van der Waals surface area (Å²) in [5.41, 5.74) is 6.99. The van der Waals surface area contributed by atoms with Gasteiger partial charge in [0.2, 0.25) is 0 Å². The number of hydrogen-bond donors (Lipinski definition) is 1. The molecule has 1 rings (SSSR count). The molecule has 0 atom stereocenters. The quantitative estimate of drug-likeness (QED) is 0.664. The van der Waals surface area contributed by atoms with E-state index in [1.165, 1.54) is 38.5 Å². The minimum Gasteiger partial charge on any atom is -0.381 e. The molecule has 1 aromatic heterocycles. The highest BCUT2D eigenvalue weighted by Crippen LogP contribution is 2.22. The average molecular weight is 252 g/mol.